The van der Waals surface area contributed by atoms with E-state index in [4.69, 9.17) is 5.73 Å². The summed E-state index contributed by atoms with van der Waals surface area (Å²) in [6.45, 7) is 10.7. The largest absolute Gasteiger partial charge is 0.329 e. The molecule has 0 spiro atoms. The number of piperidine rings is 1. The van der Waals surface area contributed by atoms with E-state index in [1.807, 2.05) is 0 Å². The summed E-state index contributed by atoms with van der Waals surface area (Å²) in [6.07, 6.45) is 6.85. The first-order chi connectivity index (χ1) is 8.55. The Hall–Kier alpha value is -0.120. The molecule has 0 aromatic rings. The number of rotatable bonds is 3. The van der Waals surface area contributed by atoms with E-state index in [-0.39, 0.29) is 0 Å². The van der Waals surface area contributed by atoms with Gasteiger partial charge in [-0.15, -0.1) is 0 Å². The summed E-state index contributed by atoms with van der Waals surface area (Å²) < 4.78 is 0. The fourth-order valence-electron chi connectivity index (χ4n) is 4.02. The van der Waals surface area contributed by atoms with Crippen LogP contribution in [0.25, 0.3) is 0 Å². The standard InChI is InChI=1S/C15H29N3/c1-14(2)6-3-8-18(11-14)15(10-16)7-9-17(12-15)13-4-5-13/h13H,3-12,16H2,1-2H3. The molecule has 2 saturated heterocycles. The van der Waals surface area contributed by atoms with Crippen LogP contribution in [0.1, 0.15) is 46.0 Å². The van der Waals surface area contributed by atoms with Gasteiger partial charge in [0.25, 0.3) is 0 Å². The lowest BCUT2D eigenvalue weighted by molar-refractivity contribution is 0.0226. The summed E-state index contributed by atoms with van der Waals surface area (Å²) in [5.74, 6) is 0. The molecule has 3 rings (SSSR count). The Labute approximate surface area is 112 Å². The van der Waals surface area contributed by atoms with Crippen LogP contribution in [0, 0.1) is 5.41 Å². The Kier molecular flexibility index (Phi) is 3.20. The topological polar surface area (TPSA) is 32.5 Å². The molecule has 2 N–H and O–H groups in total. The minimum atomic E-state index is 0.292. The fraction of sp³-hybridized carbons (Fsp3) is 1.00. The van der Waals surface area contributed by atoms with Crippen LogP contribution >= 0.6 is 0 Å². The molecule has 0 radical (unpaired) electrons. The molecule has 104 valence electrons. The number of hydrogen-bond donors (Lipinski definition) is 1. The van der Waals surface area contributed by atoms with Crippen molar-refractivity contribution in [1.82, 2.24) is 9.80 Å². The third-order valence-electron chi connectivity index (χ3n) is 5.38. The molecule has 1 aliphatic carbocycles. The Morgan fingerprint density at radius 3 is 2.50 bits per heavy atom. The van der Waals surface area contributed by atoms with Gasteiger partial charge in [0.05, 0.1) is 0 Å². The van der Waals surface area contributed by atoms with Crippen LogP contribution in [0.4, 0.5) is 0 Å². The Bertz CT molecular complexity index is 311. The van der Waals surface area contributed by atoms with Gasteiger partial charge in [0.1, 0.15) is 0 Å². The second-order valence-electron chi connectivity index (χ2n) is 7.57. The van der Waals surface area contributed by atoms with Gasteiger partial charge in [-0.2, -0.15) is 0 Å². The minimum Gasteiger partial charge on any atom is -0.329 e. The van der Waals surface area contributed by atoms with Crippen molar-refractivity contribution in [3.63, 3.8) is 0 Å². The van der Waals surface area contributed by atoms with Crippen LogP contribution in [-0.4, -0.2) is 54.1 Å². The predicted octanol–water partition coefficient (Wildman–Crippen LogP) is 1.67. The number of nitrogens with zero attached hydrogens (tertiary/aromatic N) is 2. The number of hydrogen-bond acceptors (Lipinski definition) is 3. The first kappa shape index (κ1) is 12.9. The highest BCUT2D eigenvalue weighted by molar-refractivity contribution is 5.05. The van der Waals surface area contributed by atoms with E-state index < -0.39 is 0 Å². The molecule has 1 atom stereocenters. The lowest BCUT2D eigenvalue weighted by atomic mass is 9.81. The third-order valence-corrected chi connectivity index (χ3v) is 5.38. The molecular weight excluding hydrogens is 222 g/mol. The van der Waals surface area contributed by atoms with Crippen LogP contribution < -0.4 is 5.73 Å². The van der Waals surface area contributed by atoms with E-state index in [9.17, 15) is 0 Å². The van der Waals surface area contributed by atoms with Crippen LogP contribution in [0.5, 0.6) is 0 Å². The highest BCUT2D eigenvalue weighted by atomic mass is 15.3. The van der Waals surface area contributed by atoms with Gasteiger partial charge in [0.2, 0.25) is 0 Å². The van der Waals surface area contributed by atoms with E-state index in [1.165, 1.54) is 58.3 Å². The van der Waals surface area contributed by atoms with E-state index in [2.05, 4.69) is 23.6 Å². The molecule has 3 nitrogen and oxygen atoms in total. The number of nitrogens with two attached hydrogens (primary N) is 1. The molecule has 0 bridgehead atoms. The summed E-state index contributed by atoms with van der Waals surface area (Å²) in [5.41, 5.74) is 6.97. The van der Waals surface area contributed by atoms with E-state index in [1.54, 1.807) is 0 Å². The molecule has 2 aliphatic heterocycles. The molecule has 3 aliphatic rings. The Morgan fingerprint density at radius 2 is 1.89 bits per heavy atom. The van der Waals surface area contributed by atoms with E-state index >= 15 is 0 Å². The molecule has 0 aromatic carbocycles. The van der Waals surface area contributed by atoms with Crippen molar-refractivity contribution in [1.29, 1.82) is 0 Å². The van der Waals surface area contributed by atoms with Crippen molar-refractivity contribution < 1.29 is 0 Å². The van der Waals surface area contributed by atoms with Crippen molar-refractivity contribution in [2.75, 3.05) is 32.7 Å². The van der Waals surface area contributed by atoms with Gasteiger partial charge in [-0.1, -0.05) is 13.8 Å². The quantitative estimate of drug-likeness (QED) is 0.828. The lowest BCUT2D eigenvalue weighted by Crippen LogP contribution is -2.59. The van der Waals surface area contributed by atoms with Crippen molar-refractivity contribution in [2.45, 2.75) is 57.5 Å². The summed E-state index contributed by atoms with van der Waals surface area (Å²) in [6, 6.07) is 0.899. The lowest BCUT2D eigenvalue weighted by Gasteiger charge is -2.48. The SMILES string of the molecule is CC1(C)CCCN(C2(CN)CCN(C3CC3)C2)C1. The van der Waals surface area contributed by atoms with Gasteiger partial charge >= 0.3 is 0 Å². The highest BCUT2D eigenvalue weighted by Crippen LogP contribution is 2.39. The molecule has 0 amide bonds. The Morgan fingerprint density at radius 1 is 1.11 bits per heavy atom. The van der Waals surface area contributed by atoms with Gasteiger partial charge < -0.3 is 5.73 Å². The Balaban J connectivity index is 1.71. The average Bonchev–Trinajstić information content (AvgIpc) is 3.08. The van der Waals surface area contributed by atoms with Crippen molar-refractivity contribution in [2.24, 2.45) is 11.1 Å². The number of likely N-dealkylation sites (tertiary alicyclic amines) is 2. The van der Waals surface area contributed by atoms with Crippen LogP contribution in [0.15, 0.2) is 0 Å². The molecule has 1 unspecified atom stereocenters. The molecule has 2 heterocycles. The molecule has 0 aromatic heterocycles. The first-order valence-electron chi connectivity index (χ1n) is 7.74. The van der Waals surface area contributed by atoms with Crippen molar-refractivity contribution in [3.8, 4) is 0 Å². The summed E-state index contributed by atoms with van der Waals surface area (Å²) in [7, 11) is 0. The van der Waals surface area contributed by atoms with Crippen LogP contribution in [-0.2, 0) is 0 Å². The molecular formula is C15H29N3. The molecule has 3 heteroatoms. The van der Waals surface area contributed by atoms with Crippen LogP contribution in [0.3, 0.4) is 0 Å². The maximum absolute atomic E-state index is 6.20. The smallest absolute Gasteiger partial charge is 0.0470 e. The highest BCUT2D eigenvalue weighted by Gasteiger charge is 2.47. The molecule has 1 saturated carbocycles. The second-order valence-corrected chi connectivity index (χ2v) is 7.57. The first-order valence-corrected chi connectivity index (χ1v) is 7.74. The van der Waals surface area contributed by atoms with E-state index in [0.717, 1.165) is 12.6 Å². The maximum atomic E-state index is 6.20. The van der Waals surface area contributed by atoms with Gasteiger partial charge in [-0.05, 0) is 44.1 Å². The maximum Gasteiger partial charge on any atom is 0.0470 e. The average molecular weight is 251 g/mol. The fourth-order valence-corrected chi connectivity index (χ4v) is 4.02. The van der Waals surface area contributed by atoms with E-state index in [0.29, 0.717) is 11.0 Å². The minimum absolute atomic E-state index is 0.292. The second kappa shape index (κ2) is 4.46. The third kappa shape index (κ3) is 2.33. The van der Waals surface area contributed by atoms with Gasteiger partial charge in [-0.3, -0.25) is 9.80 Å². The summed E-state index contributed by atoms with van der Waals surface area (Å²) in [4.78, 5) is 5.44. The van der Waals surface area contributed by atoms with Gasteiger partial charge in [-0.25, -0.2) is 0 Å². The van der Waals surface area contributed by atoms with Gasteiger partial charge in [0.15, 0.2) is 0 Å². The zero-order valence-corrected chi connectivity index (χ0v) is 12.1. The molecule has 3 fully saturated rings. The normalized spacial score (nSPS) is 38.2. The summed E-state index contributed by atoms with van der Waals surface area (Å²) in [5, 5.41) is 0. The zero-order chi connectivity index (χ0) is 12.8. The monoisotopic (exact) mass is 251 g/mol. The zero-order valence-electron chi connectivity index (χ0n) is 12.1. The summed E-state index contributed by atoms with van der Waals surface area (Å²) >= 11 is 0. The van der Waals surface area contributed by atoms with Crippen molar-refractivity contribution in [3.05, 3.63) is 0 Å². The van der Waals surface area contributed by atoms with Crippen molar-refractivity contribution >= 4 is 0 Å². The van der Waals surface area contributed by atoms with Gasteiger partial charge in [0, 0.05) is 37.8 Å². The molecule has 18 heavy (non-hydrogen) atoms. The van der Waals surface area contributed by atoms with Crippen LogP contribution in [0.2, 0.25) is 0 Å². The predicted molar refractivity (Wildman–Crippen MR) is 75.6 cm³/mol.